The van der Waals surface area contributed by atoms with Gasteiger partial charge in [0.1, 0.15) is 6.10 Å². The number of alkyl halides is 6. The van der Waals surface area contributed by atoms with E-state index in [0.717, 1.165) is 24.3 Å². The van der Waals surface area contributed by atoms with Crippen molar-refractivity contribution in [1.82, 2.24) is 0 Å². The Bertz CT molecular complexity index is 1280. The van der Waals surface area contributed by atoms with E-state index in [9.17, 15) is 36.2 Å². The van der Waals surface area contributed by atoms with Crippen molar-refractivity contribution in [2.75, 3.05) is 11.1 Å². The summed E-state index contributed by atoms with van der Waals surface area (Å²) in [5, 5.41) is 12.6. The van der Waals surface area contributed by atoms with Crippen LogP contribution in [-0.2, 0) is 12.4 Å². The van der Waals surface area contributed by atoms with Crippen molar-refractivity contribution in [3.8, 4) is 11.1 Å². The molecule has 0 radical (unpaired) electrons. The third kappa shape index (κ3) is 5.65. The van der Waals surface area contributed by atoms with Crippen molar-refractivity contribution in [3.05, 3.63) is 95.1 Å². The zero-order chi connectivity index (χ0) is 26.1. The van der Waals surface area contributed by atoms with Gasteiger partial charge in [-0.15, -0.1) is 0 Å². The molecule has 0 aliphatic heterocycles. The van der Waals surface area contributed by atoms with E-state index in [0.29, 0.717) is 17.7 Å². The molecule has 0 bridgehead atoms. The third-order valence-electron chi connectivity index (χ3n) is 5.19. The quantitative estimate of drug-likeness (QED) is 0.207. The molecule has 10 heteroatoms. The van der Waals surface area contributed by atoms with Crippen molar-refractivity contribution >= 4 is 17.3 Å². The molecule has 184 valence electrons. The molecule has 0 saturated heterocycles. The first-order valence-electron chi connectivity index (χ1n) is 10.1. The minimum absolute atomic E-state index is 0.00136. The van der Waals surface area contributed by atoms with E-state index in [1.165, 1.54) is 18.2 Å². The third-order valence-corrected chi connectivity index (χ3v) is 5.19. The summed E-state index contributed by atoms with van der Waals surface area (Å²) < 4.78 is 82.2. The smallest absolute Gasteiger partial charge is 0.399 e. The molecular formula is C25H20F6N2O2. The van der Waals surface area contributed by atoms with Gasteiger partial charge >= 0.3 is 12.4 Å². The number of aliphatic hydroxyl groups is 1. The van der Waals surface area contributed by atoms with Crippen molar-refractivity contribution in [2.24, 2.45) is 0 Å². The number of anilines is 2. The highest BCUT2D eigenvalue weighted by Crippen LogP contribution is 2.44. The Hall–Kier alpha value is -3.79. The summed E-state index contributed by atoms with van der Waals surface area (Å²) in [6.07, 6.45) is -11.2. The average Bonchev–Trinajstić information content (AvgIpc) is 2.77. The summed E-state index contributed by atoms with van der Waals surface area (Å²) in [5.41, 5.74) is 1.29. The van der Waals surface area contributed by atoms with Gasteiger partial charge in [0.2, 0.25) is 0 Å². The molecule has 0 heterocycles. The number of aliphatic hydroxyl groups excluding tert-OH is 1. The van der Waals surface area contributed by atoms with Gasteiger partial charge in [0.25, 0.3) is 5.91 Å². The lowest BCUT2D eigenvalue weighted by Gasteiger charge is -2.19. The van der Waals surface area contributed by atoms with E-state index >= 15 is 0 Å². The largest absolute Gasteiger partial charge is 0.417 e. The molecule has 0 aliphatic carbocycles. The first kappa shape index (κ1) is 25.8. The van der Waals surface area contributed by atoms with Crippen LogP contribution in [0, 0.1) is 0 Å². The normalized spacial score (nSPS) is 12.8. The summed E-state index contributed by atoms with van der Waals surface area (Å²) in [6, 6.07) is 10.9. The van der Waals surface area contributed by atoms with Crippen molar-refractivity contribution in [1.29, 1.82) is 0 Å². The molecule has 3 rings (SSSR count). The molecule has 0 saturated carbocycles. The number of nitrogen functional groups attached to an aromatic ring is 1. The van der Waals surface area contributed by atoms with Crippen molar-refractivity contribution < 1.29 is 36.2 Å². The monoisotopic (exact) mass is 494 g/mol. The fourth-order valence-electron chi connectivity index (χ4n) is 3.53. The van der Waals surface area contributed by atoms with E-state index < -0.39 is 46.6 Å². The van der Waals surface area contributed by atoms with E-state index in [1.54, 1.807) is 13.0 Å². The summed E-state index contributed by atoms with van der Waals surface area (Å²) in [4.78, 5) is 12.8. The van der Waals surface area contributed by atoms with E-state index in [1.807, 2.05) is 0 Å². The van der Waals surface area contributed by atoms with Crippen molar-refractivity contribution in [2.45, 2.75) is 25.4 Å². The number of carbonyl (C=O) groups excluding carboxylic acids is 1. The zero-order valence-corrected chi connectivity index (χ0v) is 18.3. The molecule has 3 aromatic rings. The second-order valence-electron chi connectivity index (χ2n) is 7.85. The number of nitrogens with one attached hydrogen (secondary N) is 1. The highest BCUT2D eigenvalue weighted by atomic mass is 19.4. The number of amides is 1. The number of benzene rings is 3. The molecule has 1 atom stereocenters. The first-order chi connectivity index (χ1) is 16.2. The molecular weight excluding hydrogens is 474 g/mol. The molecule has 1 unspecified atom stereocenters. The van der Waals surface area contributed by atoms with Crippen LogP contribution in [0.2, 0.25) is 0 Å². The van der Waals surface area contributed by atoms with Crippen LogP contribution in [-0.4, -0.2) is 11.0 Å². The van der Waals surface area contributed by atoms with Gasteiger partial charge in [-0.05, 0) is 59.5 Å². The minimum Gasteiger partial charge on any atom is -0.399 e. The lowest BCUT2D eigenvalue weighted by molar-refractivity contribution is -0.139. The topological polar surface area (TPSA) is 75.3 Å². The molecule has 0 aromatic heterocycles. The van der Waals surface area contributed by atoms with Gasteiger partial charge in [-0.3, -0.25) is 4.79 Å². The second kappa shape index (κ2) is 9.46. The Morgan fingerprint density at radius 2 is 1.46 bits per heavy atom. The van der Waals surface area contributed by atoms with Crippen LogP contribution in [0.25, 0.3) is 11.1 Å². The highest BCUT2D eigenvalue weighted by Gasteiger charge is 2.38. The van der Waals surface area contributed by atoms with E-state index in [4.69, 9.17) is 5.73 Å². The summed E-state index contributed by atoms with van der Waals surface area (Å²) in [5.74, 6) is -0.815. The number of hydrogen-bond donors (Lipinski definition) is 3. The number of hydrogen-bond acceptors (Lipinski definition) is 3. The van der Waals surface area contributed by atoms with Crippen LogP contribution in [0.5, 0.6) is 0 Å². The number of carbonyl (C=O) groups is 1. The average molecular weight is 494 g/mol. The lowest BCUT2D eigenvalue weighted by atomic mass is 9.93. The SMILES string of the molecule is C=C(C)C(O)c1ccccc1C(=O)Nc1ccc(-c2ccc(N)cc2C(F)(F)F)c(C(F)(F)F)c1. The van der Waals surface area contributed by atoms with Crippen LogP contribution >= 0.6 is 0 Å². The van der Waals surface area contributed by atoms with Gasteiger partial charge in [0.15, 0.2) is 0 Å². The van der Waals surface area contributed by atoms with Gasteiger partial charge in [-0.25, -0.2) is 0 Å². The summed E-state index contributed by atoms with van der Waals surface area (Å²) >= 11 is 0. The Morgan fingerprint density at radius 1 is 0.914 bits per heavy atom. The minimum atomic E-state index is -5.03. The standard InChI is InChI=1S/C25H20F6N2O2/c1-13(2)22(34)18-5-3-4-6-19(18)23(35)33-15-8-10-17(21(12-15)25(29,30)31)16-9-7-14(32)11-20(16)24(26,27)28/h3-12,22,34H,1,32H2,2H3,(H,33,35). The Labute approximate surface area is 196 Å². The van der Waals surface area contributed by atoms with Crippen LogP contribution in [0.15, 0.2) is 72.8 Å². The number of nitrogens with two attached hydrogens (primary N) is 1. The molecule has 4 nitrogen and oxygen atoms in total. The van der Waals surface area contributed by atoms with Crippen LogP contribution in [0.4, 0.5) is 37.7 Å². The molecule has 0 fully saturated rings. The molecule has 35 heavy (non-hydrogen) atoms. The fourth-order valence-corrected chi connectivity index (χ4v) is 3.53. The van der Waals surface area contributed by atoms with E-state index in [2.05, 4.69) is 11.9 Å². The highest BCUT2D eigenvalue weighted by molar-refractivity contribution is 6.05. The van der Waals surface area contributed by atoms with Gasteiger partial charge in [-0.1, -0.05) is 36.9 Å². The predicted octanol–water partition coefficient (Wildman–Crippen LogP) is 6.84. The van der Waals surface area contributed by atoms with Gasteiger partial charge < -0.3 is 16.2 Å². The molecule has 1 amide bonds. The maximum absolute atomic E-state index is 13.9. The summed E-state index contributed by atoms with van der Waals surface area (Å²) in [7, 11) is 0. The van der Waals surface area contributed by atoms with Gasteiger partial charge in [0, 0.05) is 16.9 Å². The second-order valence-corrected chi connectivity index (χ2v) is 7.85. The van der Waals surface area contributed by atoms with Crippen LogP contribution in [0.3, 0.4) is 0 Å². The molecule has 4 N–H and O–H groups in total. The fraction of sp³-hybridized carbons (Fsp3) is 0.160. The number of halogens is 6. The lowest BCUT2D eigenvalue weighted by Crippen LogP contribution is -2.17. The first-order valence-corrected chi connectivity index (χ1v) is 10.1. The van der Waals surface area contributed by atoms with Crippen LogP contribution in [0.1, 0.15) is 40.1 Å². The maximum Gasteiger partial charge on any atom is 0.417 e. The Balaban J connectivity index is 2.07. The Morgan fingerprint density at radius 3 is 2.03 bits per heavy atom. The molecule has 0 spiro atoms. The van der Waals surface area contributed by atoms with Gasteiger partial charge in [-0.2, -0.15) is 26.3 Å². The maximum atomic E-state index is 13.9. The predicted molar refractivity (Wildman–Crippen MR) is 120 cm³/mol. The summed E-state index contributed by atoms with van der Waals surface area (Å²) in [6.45, 7) is 5.17. The Kier molecular flexibility index (Phi) is 6.98. The molecule has 3 aromatic carbocycles. The zero-order valence-electron chi connectivity index (χ0n) is 18.3. The number of rotatable bonds is 5. The van der Waals surface area contributed by atoms with Gasteiger partial charge in [0.05, 0.1) is 11.1 Å². The van der Waals surface area contributed by atoms with E-state index in [-0.39, 0.29) is 22.5 Å². The van der Waals surface area contributed by atoms with Crippen molar-refractivity contribution in [3.63, 3.8) is 0 Å². The molecule has 0 aliphatic rings. The van der Waals surface area contributed by atoms with Crippen LogP contribution < -0.4 is 11.1 Å².